The number of carbonyl (C=O) groups is 1. The monoisotopic (exact) mass is 407 g/mol. The Morgan fingerprint density at radius 1 is 1.14 bits per heavy atom. The Morgan fingerprint density at radius 2 is 1.90 bits per heavy atom. The van der Waals surface area contributed by atoms with Gasteiger partial charge >= 0.3 is 6.09 Å². The zero-order valence-electron chi connectivity index (χ0n) is 16.6. The number of nitrogens with one attached hydrogen (secondary N) is 1. The predicted molar refractivity (Wildman–Crippen MR) is 115 cm³/mol. The molecule has 4 aromatic rings. The van der Waals surface area contributed by atoms with Crippen molar-refractivity contribution in [2.75, 3.05) is 5.32 Å². The first-order chi connectivity index (χ1) is 13.8. The Balaban J connectivity index is 1.73. The summed E-state index contributed by atoms with van der Waals surface area (Å²) in [7, 11) is 1.80. The molecule has 8 heteroatoms. The molecule has 1 N–H and O–H groups in total. The van der Waals surface area contributed by atoms with Crippen molar-refractivity contribution in [2.45, 2.75) is 26.4 Å². The van der Waals surface area contributed by atoms with E-state index >= 15 is 0 Å². The largest absolute Gasteiger partial charge is 0.444 e. The van der Waals surface area contributed by atoms with Gasteiger partial charge in [-0.3, -0.25) is 15.0 Å². The van der Waals surface area contributed by atoms with E-state index in [4.69, 9.17) is 9.72 Å². The number of ether oxygens (including phenoxy) is 1. The molecule has 0 fully saturated rings. The third kappa shape index (κ3) is 4.12. The highest BCUT2D eigenvalue weighted by Crippen LogP contribution is 2.35. The van der Waals surface area contributed by atoms with Crippen molar-refractivity contribution in [1.82, 2.24) is 19.7 Å². The number of anilines is 1. The lowest BCUT2D eigenvalue weighted by Gasteiger charge is -2.19. The molecule has 1 amide bonds. The van der Waals surface area contributed by atoms with Crippen LogP contribution in [0.1, 0.15) is 20.8 Å². The number of nitrogens with zero attached hydrogens (tertiary/aromatic N) is 4. The number of pyridine rings is 2. The third-order valence-corrected chi connectivity index (χ3v) is 5.07. The second-order valence-corrected chi connectivity index (χ2v) is 8.53. The minimum Gasteiger partial charge on any atom is -0.444 e. The van der Waals surface area contributed by atoms with Crippen LogP contribution in [0.15, 0.2) is 48.2 Å². The summed E-state index contributed by atoms with van der Waals surface area (Å²) in [5.41, 5.74) is 3.89. The average molecular weight is 407 g/mol. The lowest BCUT2D eigenvalue weighted by Crippen LogP contribution is -2.27. The SMILES string of the molecule is Cn1cc(-c2ccc3scc(-c4ccncc4)c3n2)c(NC(=O)OC(C)(C)C)n1. The lowest BCUT2D eigenvalue weighted by molar-refractivity contribution is 0.0635. The van der Waals surface area contributed by atoms with E-state index in [1.807, 2.05) is 51.2 Å². The molecule has 0 aliphatic heterocycles. The fourth-order valence-corrected chi connectivity index (χ4v) is 3.87. The molecule has 0 saturated heterocycles. The number of hydrogen-bond acceptors (Lipinski definition) is 6. The van der Waals surface area contributed by atoms with Gasteiger partial charge in [0.2, 0.25) is 0 Å². The smallest absolute Gasteiger partial charge is 0.413 e. The van der Waals surface area contributed by atoms with Gasteiger partial charge in [0.05, 0.1) is 21.5 Å². The van der Waals surface area contributed by atoms with E-state index in [0.29, 0.717) is 5.82 Å². The van der Waals surface area contributed by atoms with Crippen molar-refractivity contribution in [1.29, 1.82) is 0 Å². The zero-order valence-corrected chi connectivity index (χ0v) is 17.4. The van der Waals surface area contributed by atoms with Crippen LogP contribution in [0, 0.1) is 0 Å². The predicted octanol–water partition coefficient (Wildman–Crippen LogP) is 5.11. The van der Waals surface area contributed by atoms with Crippen LogP contribution < -0.4 is 5.32 Å². The summed E-state index contributed by atoms with van der Waals surface area (Å²) in [5, 5.41) is 9.20. The molecule has 0 radical (unpaired) electrons. The van der Waals surface area contributed by atoms with Crippen LogP contribution in [0.25, 0.3) is 32.6 Å². The quantitative estimate of drug-likeness (QED) is 0.511. The first kappa shape index (κ1) is 19.1. The summed E-state index contributed by atoms with van der Waals surface area (Å²) >= 11 is 1.65. The summed E-state index contributed by atoms with van der Waals surface area (Å²) in [6.45, 7) is 5.45. The first-order valence-corrected chi connectivity index (χ1v) is 10.0. The van der Waals surface area contributed by atoms with E-state index < -0.39 is 11.7 Å². The molecule has 0 aromatic carbocycles. The lowest BCUT2D eigenvalue weighted by atomic mass is 10.1. The van der Waals surface area contributed by atoms with E-state index in [1.54, 1.807) is 35.5 Å². The molecule has 29 heavy (non-hydrogen) atoms. The Labute approximate surface area is 172 Å². The number of amides is 1. The number of thiophene rings is 1. The molecule has 0 unspecified atom stereocenters. The molecule has 4 aromatic heterocycles. The summed E-state index contributed by atoms with van der Waals surface area (Å²) in [6.07, 6.45) is 4.82. The minimum absolute atomic E-state index is 0.411. The molecule has 0 spiro atoms. The molecule has 0 atom stereocenters. The van der Waals surface area contributed by atoms with Gasteiger partial charge in [-0.2, -0.15) is 5.10 Å². The van der Waals surface area contributed by atoms with Crippen LogP contribution in [-0.2, 0) is 11.8 Å². The van der Waals surface area contributed by atoms with E-state index in [9.17, 15) is 4.79 Å². The van der Waals surface area contributed by atoms with Crippen molar-refractivity contribution in [3.8, 4) is 22.4 Å². The van der Waals surface area contributed by atoms with Gasteiger partial charge in [0, 0.05) is 36.6 Å². The second kappa shape index (κ2) is 7.29. The first-order valence-electron chi connectivity index (χ1n) is 9.13. The highest BCUT2D eigenvalue weighted by Gasteiger charge is 2.20. The third-order valence-electron chi connectivity index (χ3n) is 4.13. The van der Waals surface area contributed by atoms with Gasteiger partial charge in [-0.15, -0.1) is 11.3 Å². The van der Waals surface area contributed by atoms with Crippen LogP contribution in [0.5, 0.6) is 0 Å². The maximum absolute atomic E-state index is 12.2. The summed E-state index contributed by atoms with van der Waals surface area (Å²) in [5.74, 6) is 0.411. The maximum Gasteiger partial charge on any atom is 0.413 e. The summed E-state index contributed by atoms with van der Waals surface area (Å²) < 4.78 is 8.09. The van der Waals surface area contributed by atoms with Gasteiger partial charge in [-0.05, 0) is 50.6 Å². The Bertz CT molecular complexity index is 1170. The number of fused-ring (bicyclic) bond motifs is 1. The summed E-state index contributed by atoms with van der Waals surface area (Å²) in [4.78, 5) is 21.2. The zero-order chi connectivity index (χ0) is 20.6. The van der Waals surface area contributed by atoms with Gasteiger partial charge < -0.3 is 4.74 Å². The molecule has 148 valence electrons. The molecular weight excluding hydrogens is 386 g/mol. The van der Waals surface area contributed by atoms with Gasteiger partial charge in [0.15, 0.2) is 5.82 Å². The number of rotatable bonds is 3. The van der Waals surface area contributed by atoms with Crippen LogP contribution in [0.4, 0.5) is 10.6 Å². The standard InChI is InChI=1S/C21H21N5O2S/c1-21(2,3)28-20(27)24-19-14(11-26(4)25-19)16-5-6-17-18(23-16)15(12-29-17)13-7-9-22-10-8-13/h5-12H,1-4H3,(H,24,25,27). The topological polar surface area (TPSA) is 81.9 Å². The highest BCUT2D eigenvalue weighted by atomic mass is 32.1. The maximum atomic E-state index is 12.2. The molecule has 7 nitrogen and oxygen atoms in total. The van der Waals surface area contributed by atoms with Crippen molar-refractivity contribution >= 4 is 33.5 Å². The van der Waals surface area contributed by atoms with Crippen LogP contribution in [0.3, 0.4) is 0 Å². The summed E-state index contributed by atoms with van der Waals surface area (Å²) in [6, 6.07) is 7.91. The van der Waals surface area contributed by atoms with Crippen LogP contribution in [-0.4, -0.2) is 31.4 Å². The Kier molecular flexibility index (Phi) is 4.79. The van der Waals surface area contributed by atoms with E-state index in [-0.39, 0.29) is 0 Å². The van der Waals surface area contributed by atoms with Gasteiger partial charge in [0.25, 0.3) is 0 Å². The normalized spacial score (nSPS) is 11.6. The molecule has 4 heterocycles. The molecule has 0 aliphatic rings. The van der Waals surface area contributed by atoms with Crippen molar-refractivity contribution in [2.24, 2.45) is 7.05 Å². The molecule has 4 rings (SSSR count). The highest BCUT2D eigenvalue weighted by molar-refractivity contribution is 7.17. The van der Waals surface area contributed by atoms with Gasteiger partial charge in [-0.1, -0.05) is 0 Å². The molecule has 0 aliphatic carbocycles. The van der Waals surface area contributed by atoms with Crippen molar-refractivity contribution in [3.63, 3.8) is 0 Å². The number of aryl methyl sites for hydroxylation is 1. The van der Waals surface area contributed by atoms with Gasteiger partial charge in [-0.25, -0.2) is 9.78 Å². The van der Waals surface area contributed by atoms with Gasteiger partial charge in [0.1, 0.15) is 5.60 Å². The Morgan fingerprint density at radius 3 is 2.62 bits per heavy atom. The van der Waals surface area contributed by atoms with E-state index in [2.05, 4.69) is 20.8 Å². The Hall–Kier alpha value is -3.26. The minimum atomic E-state index is -0.591. The molecular formula is C21H21N5O2S. The van der Waals surface area contributed by atoms with Crippen LogP contribution in [0.2, 0.25) is 0 Å². The number of aromatic nitrogens is 4. The molecule has 0 saturated carbocycles. The number of hydrogen-bond donors (Lipinski definition) is 1. The van der Waals surface area contributed by atoms with Crippen molar-refractivity contribution < 1.29 is 9.53 Å². The fraction of sp³-hybridized carbons (Fsp3) is 0.238. The van der Waals surface area contributed by atoms with E-state index in [1.165, 1.54) is 0 Å². The van der Waals surface area contributed by atoms with E-state index in [0.717, 1.165) is 32.6 Å². The van der Waals surface area contributed by atoms with Crippen molar-refractivity contribution in [3.05, 3.63) is 48.2 Å². The average Bonchev–Trinajstić information content (AvgIpc) is 3.23. The molecule has 0 bridgehead atoms. The fourth-order valence-electron chi connectivity index (χ4n) is 2.97. The number of carbonyl (C=O) groups excluding carboxylic acids is 1. The second-order valence-electron chi connectivity index (χ2n) is 7.62. The van der Waals surface area contributed by atoms with Crippen LogP contribution >= 0.6 is 11.3 Å².